The normalized spacial score (nSPS) is 15.8. The Hall–Kier alpha value is -4.01. The summed E-state index contributed by atoms with van der Waals surface area (Å²) in [4.78, 5) is 64.8. The molecular formula is C30H36N2O7. The van der Waals surface area contributed by atoms with Gasteiger partial charge in [0.25, 0.3) is 5.91 Å². The van der Waals surface area contributed by atoms with Gasteiger partial charge in [0.15, 0.2) is 5.78 Å². The van der Waals surface area contributed by atoms with Crippen molar-refractivity contribution in [3.05, 3.63) is 71.8 Å². The van der Waals surface area contributed by atoms with Gasteiger partial charge in [0, 0.05) is 24.9 Å². The molecule has 1 unspecified atom stereocenters. The number of hydrogen-bond acceptors (Lipinski definition) is 7. The molecule has 2 atom stereocenters. The third kappa shape index (κ3) is 8.77. The summed E-state index contributed by atoms with van der Waals surface area (Å²) in [5, 5.41) is 2.82. The number of carbonyl (C=O) groups excluding carboxylic acids is 5. The van der Waals surface area contributed by atoms with Gasteiger partial charge in [-0.1, -0.05) is 48.5 Å². The van der Waals surface area contributed by atoms with Crippen LogP contribution in [-0.4, -0.2) is 59.9 Å². The predicted molar refractivity (Wildman–Crippen MR) is 143 cm³/mol. The monoisotopic (exact) mass is 536 g/mol. The van der Waals surface area contributed by atoms with Gasteiger partial charge in [0.1, 0.15) is 6.04 Å². The lowest BCUT2D eigenvalue weighted by Crippen LogP contribution is -2.44. The molecule has 2 aromatic carbocycles. The Morgan fingerprint density at radius 2 is 1.56 bits per heavy atom. The summed E-state index contributed by atoms with van der Waals surface area (Å²) in [5.41, 5.74) is 0.587. The fraction of sp³-hybridized carbons (Fsp3) is 0.433. The van der Waals surface area contributed by atoms with Crippen molar-refractivity contribution in [1.29, 1.82) is 0 Å². The van der Waals surface area contributed by atoms with Gasteiger partial charge in [-0.05, 0) is 57.7 Å². The van der Waals surface area contributed by atoms with Crippen LogP contribution in [0.5, 0.6) is 0 Å². The molecule has 9 heteroatoms. The molecular weight excluding hydrogens is 500 g/mol. The van der Waals surface area contributed by atoms with Gasteiger partial charge in [-0.3, -0.25) is 19.2 Å². The minimum absolute atomic E-state index is 0.0904. The quantitative estimate of drug-likeness (QED) is 0.345. The molecule has 0 radical (unpaired) electrons. The van der Waals surface area contributed by atoms with Crippen molar-refractivity contribution in [3.8, 4) is 0 Å². The molecule has 1 saturated heterocycles. The number of ether oxygens (including phenoxy) is 2. The largest absolute Gasteiger partial charge is 0.427 e. The Kier molecular flexibility index (Phi) is 10.4. The molecule has 0 spiro atoms. The van der Waals surface area contributed by atoms with Crippen molar-refractivity contribution in [2.24, 2.45) is 5.41 Å². The zero-order chi connectivity index (χ0) is 28.4. The molecule has 1 fully saturated rings. The highest BCUT2D eigenvalue weighted by molar-refractivity contribution is 5.98. The van der Waals surface area contributed by atoms with E-state index in [0.717, 1.165) is 5.56 Å². The van der Waals surface area contributed by atoms with E-state index in [-0.39, 0.29) is 30.4 Å². The van der Waals surface area contributed by atoms with Crippen molar-refractivity contribution < 1.29 is 33.4 Å². The maximum atomic E-state index is 13.2. The molecule has 2 aromatic rings. The van der Waals surface area contributed by atoms with Gasteiger partial charge in [-0.2, -0.15) is 0 Å². The van der Waals surface area contributed by atoms with Crippen molar-refractivity contribution in [3.63, 3.8) is 0 Å². The van der Waals surface area contributed by atoms with Crippen LogP contribution in [0.2, 0.25) is 0 Å². The molecule has 1 aliphatic rings. The lowest BCUT2D eigenvalue weighted by atomic mass is 9.98. The Balaban J connectivity index is 1.57. The van der Waals surface area contributed by atoms with Gasteiger partial charge < -0.3 is 19.7 Å². The second kappa shape index (κ2) is 13.7. The van der Waals surface area contributed by atoms with Crippen molar-refractivity contribution >= 4 is 29.5 Å². The van der Waals surface area contributed by atoms with Gasteiger partial charge >= 0.3 is 11.9 Å². The van der Waals surface area contributed by atoms with Crippen LogP contribution in [0.4, 0.5) is 0 Å². The van der Waals surface area contributed by atoms with Gasteiger partial charge in [-0.15, -0.1) is 0 Å². The Morgan fingerprint density at radius 3 is 2.21 bits per heavy atom. The van der Waals surface area contributed by atoms with Crippen molar-refractivity contribution in [2.75, 3.05) is 13.3 Å². The molecule has 3 rings (SSSR count). The maximum Gasteiger partial charge on any atom is 0.331 e. The second-order valence-corrected chi connectivity index (χ2v) is 10.6. The molecule has 1 heterocycles. The number of ketones is 1. The zero-order valence-electron chi connectivity index (χ0n) is 22.7. The molecule has 2 amide bonds. The summed E-state index contributed by atoms with van der Waals surface area (Å²) >= 11 is 0. The number of Topliss-reactive ketones (excluding diaryl/α,β-unsaturated/α-hetero) is 1. The average molecular weight is 537 g/mol. The zero-order valence-corrected chi connectivity index (χ0v) is 22.7. The number of nitrogens with zero attached hydrogens (tertiary/aromatic N) is 1. The molecule has 0 aliphatic carbocycles. The predicted octanol–water partition coefficient (Wildman–Crippen LogP) is 3.46. The SMILES string of the molecule is CC(C)(C)C(=O)OCOC(=O)[C@@H]1CCCN1C(=O)CCC(=O)C(Cc1ccccc1)NC(=O)c1ccccc1. The van der Waals surface area contributed by atoms with Crippen LogP contribution < -0.4 is 5.32 Å². The topological polar surface area (TPSA) is 119 Å². The fourth-order valence-corrected chi connectivity index (χ4v) is 4.24. The van der Waals surface area contributed by atoms with E-state index in [2.05, 4.69) is 5.32 Å². The molecule has 208 valence electrons. The number of nitrogens with one attached hydrogen (secondary N) is 1. The summed E-state index contributed by atoms with van der Waals surface area (Å²) in [7, 11) is 0. The summed E-state index contributed by atoms with van der Waals surface area (Å²) in [5.74, 6) is -2.14. The van der Waals surface area contributed by atoms with E-state index in [0.29, 0.717) is 31.4 Å². The van der Waals surface area contributed by atoms with E-state index in [1.54, 1.807) is 51.1 Å². The molecule has 1 aliphatic heterocycles. The van der Waals surface area contributed by atoms with E-state index < -0.39 is 36.2 Å². The van der Waals surface area contributed by atoms with E-state index >= 15 is 0 Å². The van der Waals surface area contributed by atoms with Crippen LogP contribution in [0.1, 0.15) is 62.4 Å². The van der Waals surface area contributed by atoms with Crippen LogP contribution in [0.3, 0.4) is 0 Å². The number of esters is 2. The van der Waals surface area contributed by atoms with Crippen LogP contribution in [0.25, 0.3) is 0 Å². The lowest BCUT2D eigenvalue weighted by molar-refractivity contribution is -0.176. The fourth-order valence-electron chi connectivity index (χ4n) is 4.24. The smallest absolute Gasteiger partial charge is 0.331 e. The van der Waals surface area contributed by atoms with Crippen LogP contribution >= 0.6 is 0 Å². The third-order valence-electron chi connectivity index (χ3n) is 6.45. The molecule has 9 nitrogen and oxygen atoms in total. The van der Waals surface area contributed by atoms with Crippen LogP contribution in [0, 0.1) is 5.41 Å². The van der Waals surface area contributed by atoms with E-state index in [4.69, 9.17) is 9.47 Å². The second-order valence-electron chi connectivity index (χ2n) is 10.6. The third-order valence-corrected chi connectivity index (χ3v) is 6.45. The number of benzene rings is 2. The molecule has 0 bridgehead atoms. The molecule has 0 saturated carbocycles. The first-order valence-electron chi connectivity index (χ1n) is 13.1. The highest BCUT2D eigenvalue weighted by Crippen LogP contribution is 2.21. The molecule has 1 N–H and O–H groups in total. The summed E-state index contributed by atoms with van der Waals surface area (Å²) in [6.07, 6.45) is 1.14. The minimum atomic E-state index is -0.815. The number of likely N-dealkylation sites (tertiary alicyclic amines) is 1. The number of hydrogen-bond donors (Lipinski definition) is 1. The first-order valence-corrected chi connectivity index (χ1v) is 13.1. The van der Waals surface area contributed by atoms with Crippen molar-refractivity contribution in [2.45, 2.75) is 65.0 Å². The molecule has 0 aromatic heterocycles. The first-order chi connectivity index (χ1) is 18.6. The van der Waals surface area contributed by atoms with Crippen LogP contribution in [0.15, 0.2) is 60.7 Å². The summed E-state index contributed by atoms with van der Waals surface area (Å²) in [6, 6.07) is 16.3. The van der Waals surface area contributed by atoms with Gasteiger partial charge in [0.05, 0.1) is 11.5 Å². The average Bonchev–Trinajstić information content (AvgIpc) is 3.42. The standard InChI is InChI=1S/C30H36N2O7/c1-30(2,3)29(37)39-20-38-28(36)24-15-10-18-32(24)26(34)17-16-25(33)23(19-21-11-6-4-7-12-21)31-27(35)22-13-8-5-9-14-22/h4-9,11-14,23-24H,10,15-20H2,1-3H3,(H,31,35)/t23?,24-/m0/s1. The maximum absolute atomic E-state index is 13.2. The Bertz CT molecular complexity index is 1160. The first kappa shape index (κ1) is 29.5. The van der Waals surface area contributed by atoms with Crippen molar-refractivity contribution in [1.82, 2.24) is 10.2 Å². The summed E-state index contributed by atoms with van der Waals surface area (Å²) < 4.78 is 10.1. The van der Waals surface area contributed by atoms with Gasteiger partial charge in [0.2, 0.25) is 12.7 Å². The minimum Gasteiger partial charge on any atom is -0.427 e. The lowest BCUT2D eigenvalue weighted by Gasteiger charge is -2.24. The van der Waals surface area contributed by atoms with E-state index in [1.165, 1.54) is 4.90 Å². The summed E-state index contributed by atoms with van der Waals surface area (Å²) in [6.45, 7) is 4.91. The molecule has 39 heavy (non-hydrogen) atoms. The highest BCUT2D eigenvalue weighted by Gasteiger charge is 2.36. The number of rotatable bonds is 11. The highest BCUT2D eigenvalue weighted by atomic mass is 16.7. The van der Waals surface area contributed by atoms with E-state index in [9.17, 15) is 24.0 Å². The van der Waals surface area contributed by atoms with E-state index in [1.807, 2.05) is 30.3 Å². The van der Waals surface area contributed by atoms with Gasteiger partial charge in [-0.25, -0.2) is 4.79 Å². The van der Waals surface area contributed by atoms with Crippen LogP contribution in [-0.2, 0) is 35.1 Å². The Labute approximate surface area is 228 Å². The number of carbonyl (C=O) groups is 5. The number of amides is 2. The Morgan fingerprint density at radius 1 is 0.923 bits per heavy atom.